The minimum atomic E-state index is 0.192. The Morgan fingerprint density at radius 2 is 2.25 bits per heavy atom. The van der Waals surface area contributed by atoms with Crippen LogP contribution in [0.2, 0.25) is 0 Å². The average molecular weight is 224 g/mol. The molecule has 5 nitrogen and oxygen atoms in total. The Kier molecular flexibility index (Phi) is 3.58. The van der Waals surface area contributed by atoms with Crippen molar-refractivity contribution >= 4 is 0 Å². The first-order chi connectivity index (χ1) is 7.74. The van der Waals surface area contributed by atoms with Gasteiger partial charge in [-0.15, -0.1) is 0 Å². The first-order valence-corrected chi connectivity index (χ1v) is 5.76. The van der Waals surface area contributed by atoms with E-state index in [1.54, 1.807) is 0 Å². The molecule has 0 aliphatic carbocycles. The number of nitrogens with one attached hydrogen (secondary N) is 1. The first-order valence-electron chi connectivity index (χ1n) is 5.76. The number of aryl methyl sites for hydroxylation is 1. The smallest absolute Gasteiger partial charge is 0.0540 e. The second-order valence-corrected chi connectivity index (χ2v) is 4.40. The predicted octanol–water partition coefficient (Wildman–Crippen LogP) is 0.660. The SMILES string of the molecule is Cc1c(C(NN)C2CCOCC2)cnn1C. The third-order valence-electron chi connectivity index (χ3n) is 3.53. The Bertz CT molecular complexity index is 344. The molecular formula is C11H20N4O. The number of hydrogen-bond donors (Lipinski definition) is 2. The van der Waals surface area contributed by atoms with E-state index in [1.807, 2.05) is 17.9 Å². The lowest BCUT2D eigenvalue weighted by atomic mass is 9.88. The number of rotatable bonds is 3. The van der Waals surface area contributed by atoms with Gasteiger partial charge in [-0.25, -0.2) is 0 Å². The highest BCUT2D eigenvalue weighted by Gasteiger charge is 2.26. The van der Waals surface area contributed by atoms with Gasteiger partial charge in [0, 0.05) is 31.5 Å². The van der Waals surface area contributed by atoms with Gasteiger partial charge in [0.1, 0.15) is 0 Å². The van der Waals surface area contributed by atoms with E-state index in [0.29, 0.717) is 5.92 Å². The number of aromatic nitrogens is 2. The van der Waals surface area contributed by atoms with Crippen LogP contribution in [0.15, 0.2) is 6.20 Å². The van der Waals surface area contributed by atoms with E-state index >= 15 is 0 Å². The Labute approximate surface area is 95.9 Å². The number of nitrogens with two attached hydrogens (primary N) is 1. The molecule has 1 aromatic heterocycles. The molecule has 0 radical (unpaired) electrons. The molecule has 1 aliphatic heterocycles. The van der Waals surface area contributed by atoms with Crippen molar-refractivity contribution in [2.75, 3.05) is 13.2 Å². The summed E-state index contributed by atoms with van der Waals surface area (Å²) in [7, 11) is 1.95. The van der Waals surface area contributed by atoms with Crippen molar-refractivity contribution in [3.05, 3.63) is 17.5 Å². The molecule has 1 atom stereocenters. The maximum Gasteiger partial charge on any atom is 0.0540 e. The maximum atomic E-state index is 5.69. The second-order valence-electron chi connectivity index (χ2n) is 4.40. The van der Waals surface area contributed by atoms with Gasteiger partial charge in [0.2, 0.25) is 0 Å². The second kappa shape index (κ2) is 4.95. The van der Waals surface area contributed by atoms with Gasteiger partial charge < -0.3 is 4.74 Å². The van der Waals surface area contributed by atoms with Crippen molar-refractivity contribution in [2.24, 2.45) is 18.8 Å². The maximum absolute atomic E-state index is 5.69. The van der Waals surface area contributed by atoms with Gasteiger partial charge in [-0.1, -0.05) is 0 Å². The van der Waals surface area contributed by atoms with Crippen LogP contribution < -0.4 is 11.3 Å². The molecule has 1 aliphatic rings. The summed E-state index contributed by atoms with van der Waals surface area (Å²) >= 11 is 0. The molecular weight excluding hydrogens is 204 g/mol. The molecule has 16 heavy (non-hydrogen) atoms. The number of hydrazine groups is 1. The Balaban J connectivity index is 2.18. The molecule has 90 valence electrons. The van der Waals surface area contributed by atoms with Crippen molar-refractivity contribution in [2.45, 2.75) is 25.8 Å². The summed E-state index contributed by atoms with van der Waals surface area (Å²) in [6.07, 6.45) is 4.03. The van der Waals surface area contributed by atoms with Gasteiger partial charge in [-0.2, -0.15) is 5.10 Å². The standard InChI is InChI=1S/C11H20N4O/c1-8-10(7-13-15(8)2)11(14-12)9-3-5-16-6-4-9/h7,9,11,14H,3-6,12H2,1-2H3. The fourth-order valence-corrected chi connectivity index (χ4v) is 2.35. The molecule has 5 heteroatoms. The van der Waals surface area contributed by atoms with Crippen LogP contribution in [-0.2, 0) is 11.8 Å². The summed E-state index contributed by atoms with van der Waals surface area (Å²) in [6.45, 7) is 3.75. The summed E-state index contributed by atoms with van der Waals surface area (Å²) in [5, 5.41) is 4.27. The van der Waals surface area contributed by atoms with Gasteiger partial charge in [-0.05, 0) is 25.7 Å². The summed E-state index contributed by atoms with van der Waals surface area (Å²) in [4.78, 5) is 0. The Morgan fingerprint density at radius 3 is 2.75 bits per heavy atom. The van der Waals surface area contributed by atoms with Crippen LogP contribution >= 0.6 is 0 Å². The van der Waals surface area contributed by atoms with Gasteiger partial charge in [0.05, 0.1) is 12.2 Å². The van der Waals surface area contributed by atoms with E-state index < -0.39 is 0 Å². The monoisotopic (exact) mass is 224 g/mol. The fraction of sp³-hybridized carbons (Fsp3) is 0.727. The van der Waals surface area contributed by atoms with Crippen molar-refractivity contribution in [3.63, 3.8) is 0 Å². The van der Waals surface area contributed by atoms with Crippen molar-refractivity contribution in [1.29, 1.82) is 0 Å². The van der Waals surface area contributed by atoms with E-state index in [1.165, 1.54) is 11.3 Å². The molecule has 2 heterocycles. The number of hydrogen-bond acceptors (Lipinski definition) is 4. The Morgan fingerprint density at radius 1 is 1.56 bits per heavy atom. The zero-order valence-electron chi connectivity index (χ0n) is 9.94. The molecule has 0 saturated carbocycles. The van der Waals surface area contributed by atoms with E-state index in [9.17, 15) is 0 Å². The average Bonchev–Trinajstić information content (AvgIpc) is 2.64. The highest BCUT2D eigenvalue weighted by atomic mass is 16.5. The zero-order chi connectivity index (χ0) is 11.5. The molecule has 0 spiro atoms. The van der Waals surface area contributed by atoms with Gasteiger partial charge >= 0.3 is 0 Å². The highest BCUT2D eigenvalue weighted by molar-refractivity contribution is 5.21. The first kappa shape index (κ1) is 11.6. The summed E-state index contributed by atoms with van der Waals surface area (Å²) in [6, 6.07) is 0.192. The van der Waals surface area contributed by atoms with Crippen molar-refractivity contribution < 1.29 is 4.74 Å². The van der Waals surface area contributed by atoms with Crippen LogP contribution in [0.25, 0.3) is 0 Å². The van der Waals surface area contributed by atoms with Crippen LogP contribution in [0.4, 0.5) is 0 Å². The number of nitrogens with zero attached hydrogens (tertiary/aromatic N) is 2. The van der Waals surface area contributed by atoms with Crippen molar-refractivity contribution in [3.8, 4) is 0 Å². The number of ether oxygens (including phenoxy) is 1. The van der Waals surface area contributed by atoms with Crippen LogP contribution in [0.3, 0.4) is 0 Å². The van der Waals surface area contributed by atoms with Gasteiger partial charge in [0.25, 0.3) is 0 Å². The minimum Gasteiger partial charge on any atom is -0.381 e. The predicted molar refractivity (Wildman–Crippen MR) is 61.6 cm³/mol. The minimum absolute atomic E-state index is 0.192. The Hall–Kier alpha value is -0.910. The molecule has 1 aromatic rings. The fourth-order valence-electron chi connectivity index (χ4n) is 2.35. The molecule has 0 amide bonds. The molecule has 3 N–H and O–H groups in total. The topological polar surface area (TPSA) is 65.1 Å². The van der Waals surface area contributed by atoms with Crippen LogP contribution in [0.5, 0.6) is 0 Å². The van der Waals surface area contributed by atoms with Crippen LogP contribution in [0.1, 0.15) is 30.1 Å². The third kappa shape index (κ3) is 2.11. The van der Waals surface area contributed by atoms with E-state index in [2.05, 4.69) is 17.4 Å². The van der Waals surface area contributed by atoms with Gasteiger partial charge in [-0.3, -0.25) is 16.0 Å². The zero-order valence-corrected chi connectivity index (χ0v) is 9.94. The van der Waals surface area contributed by atoms with Crippen molar-refractivity contribution in [1.82, 2.24) is 15.2 Å². The summed E-state index contributed by atoms with van der Waals surface area (Å²) in [5.41, 5.74) is 5.31. The van der Waals surface area contributed by atoms with Crippen LogP contribution in [0, 0.1) is 12.8 Å². The summed E-state index contributed by atoms with van der Waals surface area (Å²) in [5.74, 6) is 6.23. The van der Waals surface area contributed by atoms with Crippen LogP contribution in [-0.4, -0.2) is 23.0 Å². The summed E-state index contributed by atoms with van der Waals surface area (Å²) < 4.78 is 7.26. The lowest BCUT2D eigenvalue weighted by molar-refractivity contribution is 0.0535. The van der Waals surface area contributed by atoms with E-state index in [0.717, 1.165) is 26.1 Å². The molecule has 1 fully saturated rings. The lowest BCUT2D eigenvalue weighted by Crippen LogP contribution is -2.36. The lowest BCUT2D eigenvalue weighted by Gasteiger charge is -2.29. The third-order valence-corrected chi connectivity index (χ3v) is 3.53. The molecule has 1 unspecified atom stereocenters. The van der Waals surface area contributed by atoms with E-state index in [4.69, 9.17) is 10.6 Å². The largest absolute Gasteiger partial charge is 0.381 e. The highest BCUT2D eigenvalue weighted by Crippen LogP contribution is 2.30. The quantitative estimate of drug-likeness (QED) is 0.585. The van der Waals surface area contributed by atoms with Gasteiger partial charge in [0.15, 0.2) is 0 Å². The normalized spacial score (nSPS) is 19.9. The molecule has 2 rings (SSSR count). The molecule has 1 saturated heterocycles. The molecule has 0 aromatic carbocycles. The van der Waals surface area contributed by atoms with E-state index in [-0.39, 0.29) is 6.04 Å². The molecule has 0 bridgehead atoms.